The molecule has 0 aliphatic heterocycles. The van der Waals surface area contributed by atoms with Crippen LogP contribution in [0, 0.1) is 6.92 Å². The molecule has 0 saturated heterocycles. The third-order valence-electron chi connectivity index (χ3n) is 2.27. The van der Waals surface area contributed by atoms with Crippen molar-refractivity contribution in [2.75, 3.05) is 5.32 Å². The Labute approximate surface area is 112 Å². The summed E-state index contributed by atoms with van der Waals surface area (Å²) in [5, 5.41) is 14.2. The Morgan fingerprint density at radius 2 is 2.05 bits per heavy atom. The molecule has 0 saturated carbocycles. The first-order valence-electron chi connectivity index (χ1n) is 5.81. The first kappa shape index (κ1) is 14.8. The second-order valence-electron chi connectivity index (χ2n) is 5.14. The van der Waals surface area contributed by atoms with Gasteiger partial charge in [-0.15, -0.1) is 0 Å². The molecule has 1 aromatic rings. The van der Waals surface area contributed by atoms with Crippen molar-refractivity contribution in [2.45, 2.75) is 33.3 Å². The summed E-state index contributed by atoms with van der Waals surface area (Å²) in [5.41, 5.74) is 6.89. The largest absolute Gasteiger partial charge is 0.444 e. The van der Waals surface area contributed by atoms with Crippen LogP contribution in [0.15, 0.2) is 23.4 Å². The van der Waals surface area contributed by atoms with Gasteiger partial charge in [0.15, 0.2) is 5.84 Å². The van der Waals surface area contributed by atoms with Crippen LogP contribution in [0.5, 0.6) is 0 Å². The molecule has 0 radical (unpaired) electrons. The SMILES string of the molecule is Cc1ccc(NC(=O)OC(C)(C)C)cc1C(N)=NO. The van der Waals surface area contributed by atoms with Gasteiger partial charge >= 0.3 is 6.09 Å². The molecule has 1 amide bonds. The van der Waals surface area contributed by atoms with E-state index in [9.17, 15) is 4.79 Å². The number of amidine groups is 1. The first-order valence-corrected chi connectivity index (χ1v) is 5.81. The number of hydrogen-bond donors (Lipinski definition) is 3. The van der Waals surface area contributed by atoms with Crippen molar-refractivity contribution in [3.63, 3.8) is 0 Å². The predicted octanol–water partition coefficient (Wildman–Crippen LogP) is 2.44. The zero-order chi connectivity index (χ0) is 14.6. The number of rotatable bonds is 2. The van der Waals surface area contributed by atoms with Gasteiger partial charge in [-0.1, -0.05) is 11.2 Å². The Bertz CT molecular complexity index is 504. The molecule has 6 heteroatoms. The second-order valence-corrected chi connectivity index (χ2v) is 5.14. The van der Waals surface area contributed by atoms with E-state index in [4.69, 9.17) is 15.7 Å². The van der Waals surface area contributed by atoms with Gasteiger partial charge < -0.3 is 15.7 Å². The average Bonchev–Trinajstić information content (AvgIpc) is 2.28. The van der Waals surface area contributed by atoms with Gasteiger partial charge in [0.25, 0.3) is 0 Å². The van der Waals surface area contributed by atoms with Gasteiger partial charge in [0, 0.05) is 11.3 Å². The maximum atomic E-state index is 11.6. The molecule has 0 atom stereocenters. The summed E-state index contributed by atoms with van der Waals surface area (Å²) in [7, 11) is 0. The van der Waals surface area contributed by atoms with Gasteiger partial charge in [0.2, 0.25) is 0 Å². The van der Waals surface area contributed by atoms with Crippen LogP contribution < -0.4 is 11.1 Å². The minimum absolute atomic E-state index is 0.00895. The van der Waals surface area contributed by atoms with Crippen LogP contribution >= 0.6 is 0 Å². The zero-order valence-electron chi connectivity index (χ0n) is 11.5. The van der Waals surface area contributed by atoms with Crippen LogP contribution in [0.1, 0.15) is 31.9 Å². The number of nitrogens with one attached hydrogen (secondary N) is 1. The Morgan fingerprint density at radius 1 is 1.42 bits per heavy atom. The molecule has 0 heterocycles. The van der Waals surface area contributed by atoms with Crippen LogP contribution in [-0.2, 0) is 4.74 Å². The number of carbonyl (C=O) groups excluding carboxylic acids is 1. The summed E-state index contributed by atoms with van der Waals surface area (Å²) in [6, 6.07) is 5.10. The highest BCUT2D eigenvalue weighted by atomic mass is 16.6. The lowest BCUT2D eigenvalue weighted by Gasteiger charge is -2.20. The summed E-state index contributed by atoms with van der Waals surface area (Å²) in [5.74, 6) is -0.00895. The van der Waals surface area contributed by atoms with Gasteiger partial charge in [-0.3, -0.25) is 5.32 Å². The highest BCUT2D eigenvalue weighted by Crippen LogP contribution is 2.16. The molecule has 0 fully saturated rings. The molecule has 0 aliphatic carbocycles. The predicted molar refractivity (Wildman–Crippen MR) is 73.5 cm³/mol. The molecular formula is C13H19N3O3. The monoisotopic (exact) mass is 265 g/mol. The number of ether oxygens (including phenoxy) is 1. The fraction of sp³-hybridized carbons (Fsp3) is 0.385. The molecule has 4 N–H and O–H groups in total. The van der Waals surface area contributed by atoms with E-state index in [0.717, 1.165) is 5.56 Å². The topological polar surface area (TPSA) is 96.9 Å². The fourth-order valence-electron chi connectivity index (χ4n) is 1.45. The lowest BCUT2D eigenvalue weighted by molar-refractivity contribution is 0.0636. The number of nitrogens with zero attached hydrogens (tertiary/aromatic N) is 1. The highest BCUT2D eigenvalue weighted by molar-refractivity contribution is 6.00. The van der Waals surface area contributed by atoms with E-state index in [1.54, 1.807) is 39.0 Å². The summed E-state index contributed by atoms with van der Waals surface area (Å²) >= 11 is 0. The fourth-order valence-corrected chi connectivity index (χ4v) is 1.45. The van der Waals surface area contributed by atoms with E-state index >= 15 is 0 Å². The van der Waals surface area contributed by atoms with E-state index in [1.807, 2.05) is 6.92 Å². The van der Waals surface area contributed by atoms with Crippen molar-refractivity contribution in [3.05, 3.63) is 29.3 Å². The molecule has 0 aromatic heterocycles. The maximum absolute atomic E-state index is 11.6. The molecule has 1 rings (SSSR count). The van der Waals surface area contributed by atoms with Gasteiger partial charge in [0.05, 0.1) is 0 Å². The van der Waals surface area contributed by atoms with Crippen LogP contribution in [0.2, 0.25) is 0 Å². The van der Waals surface area contributed by atoms with E-state index in [0.29, 0.717) is 11.3 Å². The number of benzene rings is 1. The van der Waals surface area contributed by atoms with Crippen LogP contribution in [0.3, 0.4) is 0 Å². The lowest BCUT2D eigenvalue weighted by atomic mass is 10.1. The van der Waals surface area contributed by atoms with E-state index < -0.39 is 11.7 Å². The lowest BCUT2D eigenvalue weighted by Crippen LogP contribution is -2.27. The highest BCUT2D eigenvalue weighted by Gasteiger charge is 2.16. The summed E-state index contributed by atoms with van der Waals surface area (Å²) < 4.78 is 5.14. The average molecular weight is 265 g/mol. The summed E-state index contributed by atoms with van der Waals surface area (Å²) in [4.78, 5) is 11.6. The van der Waals surface area contributed by atoms with Crippen molar-refractivity contribution < 1.29 is 14.7 Å². The van der Waals surface area contributed by atoms with Gasteiger partial charge in [-0.25, -0.2) is 4.79 Å². The van der Waals surface area contributed by atoms with Gasteiger partial charge in [-0.05, 0) is 45.4 Å². The maximum Gasteiger partial charge on any atom is 0.412 e. The number of aryl methyl sites for hydroxylation is 1. The normalized spacial score (nSPS) is 12.1. The van der Waals surface area contributed by atoms with Gasteiger partial charge in [0.1, 0.15) is 5.60 Å². The summed E-state index contributed by atoms with van der Waals surface area (Å²) in [6.45, 7) is 7.17. The molecule has 6 nitrogen and oxygen atoms in total. The quantitative estimate of drug-likeness (QED) is 0.331. The molecular weight excluding hydrogens is 246 g/mol. The van der Waals surface area contributed by atoms with Crippen molar-refractivity contribution in [3.8, 4) is 0 Å². The number of amides is 1. The van der Waals surface area contributed by atoms with Crippen molar-refractivity contribution in [2.24, 2.45) is 10.9 Å². The number of nitrogens with two attached hydrogens (primary N) is 1. The van der Waals surface area contributed by atoms with E-state index in [1.165, 1.54) is 0 Å². The van der Waals surface area contributed by atoms with Crippen molar-refractivity contribution >= 4 is 17.6 Å². The minimum atomic E-state index is -0.566. The molecule has 0 aliphatic rings. The third-order valence-corrected chi connectivity index (χ3v) is 2.27. The molecule has 0 unspecified atom stereocenters. The Balaban J connectivity index is 2.89. The van der Waals surface area contributed by atoms with E-state index in [2.05, 4.69) is 10.5 Å². The zero-order valence-corrected chi connectivity index (χ0v) is 11.5. The Morgan fingerprint density at radius 3 is 2.58 bits per heavy atom. The smallest absolute Gasteiger partial charge is 0.412 e. The minimum Gasteiger partial charge on any atom is -0.444 e. The van der Waals surface area contributed by atoms with Crippen molar-refractivity contribution in [1.82, 2.24) is 0 Å². The molecule has 19 heavy (non-hydrogen) atoms. The third kappa shape index (κ3) is 4.50. The van der Waals surface area contributed by atoms with Crippen molar-refractivity contribution in [1.29, 1.82) is 0 Å². The molecule has 0 bridgehead atoms. The number of carbonyl (C=O) groups is 1. The standard InChI is InChI=1S/C13H19N3O3/c1-8-5-6-9(7-10(8)11(14)16-18)15-12(17)19-13(2,3)4/h5-7,18H,1-4H3,(H2,14,16)(H,15,17). The Kier molecular flexibility index (Phi) is 4.37. The van der Waals surface area contributed by atoms with Crippen LogP contribution in [0.25, 0.3) is 0 Å². The Hall–Kier alpha value is -2.24. The number of oxime groups is 1. The molecule has 104 valence electrons. The van der Waals surface area contributed by atoms with Crippen LogP contribution in [-0.4, -0.2) is 22.7 Å². The first-order chi connectivity index (χ1) is 8.73. The number of hydrogen-bond acceptors (Lipinski definition) is 4. The molecule has 0 spiro atoms. The van der Waals surface area contributed by atoms with E-state index in [-0.39, 0.29) is 5.84 Å². The van der Waals surface area contributed by atoms with Gasteiger partial charge in [-0.2, -0.15) is 0 Å². The second kappa shape index (κ2) is 5.60. The molecule has 1 aromatic carbocycles. The van der Waals surface area contributed by atoms with Crippen LogP contribution in [0.4, 0.5) is 10.5 Å². The summed E-state index contributed by atoms with van der Waals surface area (Å²) in [6.07, 6.45) is -0.554. The number of anilines is 1.